The van der Waals surface area contributed by atoms with E-state index in [4.69, 9.17) is 17.3 Å². The summed E-state index contributed by atoms with van der Waals surface area (Å²) in [5.74, 6) is 0.634. The molecule has 2 unspecified atom stereocenters. The van der Waals surface area contributed by atoms with Crippen LogP contribution in [0.3, 0.4) is 0 Å². The van der Waals surface area contributed by atoms with Gasteiger partial charge in [-0.1, -0.05) is 12.2 Å². The molecule has 1 aromatic heterocycles. The van der Waals surface area contributed by atoms with Crippen molar-refractivity contribution in [3.63, 3.8) is 0 Å². The lowest BCUT2D eigenvalue weighted by Crippen LogP contribution is -2.34. The molecule has 19 heavy (non-hydrogen) atoms. The number of amides is 1. The van der Waals surface area contributed by atoms with Crippen LogP contribution in [-0.4, -0.2) is 15.9 Å². The standard InChI is InChI=1S/C13H13BrClN3O/c14-9-5-17-13(15)18-10(9)4-8-6-1-2-7(3-6)11(8)12(16)19/h1-2,5-8,11H,3-4H2,(H2,16,19)/t6?,7?,8-,11+/m1/s1. The van der Waals surface area contributed by atoms with Gasteiger partial charge in [0.1, 0.15) is 0 Å². The average molecular weight is 343 g/mol. The van der Waals surface area contributed by atoms with Crippen LogP contribution in [0.1, 0.15) is 12.1 Å². The summed E-state index contributed by atoms with van der Waals surface area (Å²) in [4.78, 5) is 19.8. The van der Waals surface area contributed by atoms with Gasteiger partial charge in [-0.05, 0) is 58.1 Å². The lowest BCUT2D eigenvalue weighted by atomic mass is 9.80. The number of carbonyl (C=O) groups is 1. The predicted octanol–water partition coefficient (Wildman–Crippen LogP) is 2.36. The number of nitrogens with zero attached hydrogens (tertiary/aromatic N) is 2. The minimum Gasteiger partial charge on any atom is -0.369 e. The second-order valence-corrected chi connectivity index (χ2v) is 6.37. The van der Waals surface area contributed by atoms with Crippen molar-refractivity contribution in [1.29, 1.82) is 0 Å². The van der Waals surface area contributed by atoms with Crippen molar-refractivity contribution < 1.29 is 4.79 Å². The summed E-state index contributed by atoms with van der Waals surface area (Å²) in [6, 6.07) is 0. The number of nitrogens with two attached hydrogens (primary N) is 1. The fourth-order valence-corrected chi connectivity index (χ4v) is 3.87. The summed E-state index contributed by atoms with van der Waals surface area (Å²) in [6.07, 6.45) is 7.69. The molecule has 4 nitrogen and oxygen atoms in total. The SMILES string of the molecule is NC(=O)[C@H]1C2C=CC(C2)[C@H]1Cc1nc(Cl)ncc1Br. The number of carbonyl (C=O) groups excluding carboxylic acids is 1. The van der Waals surface area contributed by atoms with Crippen molar-refractivity contribution in [2.75, 3.05) is 0 Å². The first-order chi connectivity index (χ1) is 9.06. The summed E-state index contributed by atoms with van der Waals surface area (Å²) < 4.78 is 0.826. The van der Waals surface area contributed by atoms with E-state index in [0.717, 1.165) is 16.6 Å². The molecular weight excluding hydrogens is 330 g/mol. The third-order valence-electron chi connectivity index (χ3n) is 4.17. The fourth-order valence-electron chi connectivity index (χ4n) is 3.37. The average Bonchev–Trinajstić information content (AvgIpc) is 2.94. The Kier molecular flexibility index (Phi) is 3.35. The lowest BCUT2D eigenvalue weighted by Gasteiger charge is -2.25. The number of aromatic nitrogens is 2. The monoisotopic (exact) mass is 341 g/mol. The lowest BCUT2D eigenvalue weighted by molar-refractivity contribution is -0.123. The molecule has 2 bridgehead atoms. The van der Waals surface area contributed by atoms with E-state index in [1.54, 1.807) is 6.20 Å². The van der Waals surface area contributed by atoms with Crippen LogP contribution in [-0.2, 0) is 11.2 Å². The molecule has 0 saturated heterocycles. The van der Waals surface area contributed by atoms with E-state index in [1.165, 1.54) is 0 Å². The second-order valence-electron chi connectivity index (χ2n) is 5.18. The van der Waals surface area contributed by atoms with Crippen molar-refractivity contribution in [3.05, 3.63) is 33.8 Å². The van der Waals surface area contributed by atoms with Crippen LogP contribution < -0.4 is 5.73 Å². The van der Waals surface area contributed by atoms with Crippen LogP contribution in [0.15, 0.2) is 22.8 Å². The zero-order valence-corrected chi connectivity index (χ0v) is 12.4. The quantitative estimate of drug-likeness (QED) is 0.677. The number of halogens is 2. The number of rotatable bonds is 3. The van der Waals surface area contributed by atoms with Gasteiger partial charge < -0.3 is 5.73 Å². The highest BCUT2D eigenvalue weighted by Crippen LogP contribution is 2.49. The minimum atomic E-state index is -0.210. The first-order valence-electron chi connectivity index (χ1n) is 6.21. The topological polar surface area (TPSA) is 68.9 Å². The summed E-state index contributed by atoms with van der Waals surface area (Å²) in [7, 11) is 0. The van der Waals surface area contributed by atoms with Crippen LogP contribution in [0.25, 0.3) is 0 Å². The van der Waals surface area contributed by atoms with Crippen LogP contribution in [0.4, 0.5) is 0 Å². The van der Waals surface area contributed by atoms with Gasteiger partial charge in [0.25, 0.3) is 0 Å². The molecule has 1 aromatic rings. The van der Waals surface area contributed by atoms with Gasteiger partial charge in [-0.3, -0.25) is 4.79 Å². The molecule has 1 amide bonds. The zero-order chi connectivity index (χ0) is 13.6. The highest BCUT2D eigenvalue weighted by Gasteiger charge is 2.47. The molecule has 2 N–H and O–H groups in total. The normalized spacial score (nSPS) is 31.9. The predicted molar refractivity (Wildman–Crippen MR) is 75.4 cm³/mol. The third kappa shape index (κ3) is 2.30. The maximum atomic E-state index is 11.7. The van der Waals surface area contributed by atoms with Gasteiger partial charge in [0.05, 0.1) is 10.2 Å². The molecule has 2 aliphatic rings. The van der Waals surface area contributed by atoms with E-state index in [9.17, 15) is 4.79 Å². The van der Waals surface area contributed by atoms with Gasteiger partial charge >= 0.3 is 0 Å². The number of fused-ring (bicyclic) bond motifs is 2. The Morgan fingerprint density at radius 3 is 2.95 bits per heavy atom. The Morgan fingerprint density at radius 1 is 1.47 bits per heavy atom. The maximum absolute atomic E-state index is 11.7. The molecule has 2 aliphatic carbocycles. The van der Waals surface area contributed by atoms with Gasteiger partial charge in [0, 0.05) is 12.1 Å². The highest BCUT2D eigenvalue weighted by molar-refractivity contribution is 9.10. The van der Waals surface area contributed by atoms with E-state index in [-0.39, 0.29) is 23.0 Å². The third-order valence-corrected chi connectivity index (χ3v) is 5.01. The molecule has 0 aliphatic heterocycles. The fraction of sp³-hybridized carbons (Fsp3) is 0.462. The largest absolute Gasteiger partial charge is 0.369 e. The number of hydrogen-bond acceptors (Lipinski definition) is 3. The second kappa shape index (κ2) is 4.87. The molecule has 1 heterocycles. The molecule has 0 aromatic carbocycles. The Balaban J connectivity index is 1.88. The summed E-state index contributed by atoms with van der Waals surface area (Å²) in [5, 5.41) is 0.229. The van der Waals surface area contributed by atoms with Crippen molar-refractivity contribution in [2.24, 2.45) is 29.4 Å². The number of primary amides is 1. The van der Waals surface area contributed by atoms with Crippen LogP contribution in [0.2, 0.25) is 5.28 Å². The molecule has 100 valence electrons. The molecule has 6 heteroatoms. The first-order valence-corrected chi connectivity index (χ1v) is 7.38. The van der Waals surface area contributed by atoms with Crippen molar-refractivity contribution >= 4 is 33.4 Å². The molecule has 1 saturated carbocycles. The van der Waals surface area contributed by atoms with Gasteiger partial charge in [-0.15, -0.1) is 0 Å². The van der Waals surface area contributed by atoms with E-state index in [1.807, 2.05) is 0 Å². The Morgan fingerprint density at radius 2 is 2.21 bits per heavy atom. The highest BCUT2D eigenvalue weighted by atomic mass is 79.9. The van der Waals surface area contributed by atoms with Gasteiger partial charge in [-0.25, -0.2) is 9.97 Å². The Bertz CT molecular complexity index is 563. The summed E-state index contributed by atoms with van der Waals surface area (Å²) >= 11 is 9.26. The Hall–Kier alpha value is -0.940. The van der Waals surface area contributed by atoms with Gasteiger partial charge in [0.15, 0.2) is 0 Å². The van der Waals surface area contributed by atoms with E-state index in [0.29, 0.717) is 18.3 Å². The van der Waals surface area contributed by atoms with Gasteiger partial charge in [-0.2, -0.15) is 0 Å². The smallest absolute Gasteiger partial charge is 0.222 e. The van der Waals surface area contributed by atoms with E-state index in [2.05, 4.69) is 38.0 Å². The number of allylic oxidation sites excluding steroid dienone is 2. The van der Waals surface area contributed by atoms with Gasteiger partial charge in [0.2, 0.25) is 11.2 Å². The molecule has 1 fully saturated rings. The van der Waals surface area contributed by atoms with Crippen LogP contribution in [0, 0.1) is 23.7 Å². The van der Waals surface area contributed by atoms with Crippen molar-refractivity contribution in [1.82, 2.24) is 9.97 Å². The molecule has 4 atom stereocenters. The van der Waals surface area contributed by atoms with Crippen LogP contribution in [0.5, 0.6) is 0 Å². The molecule has 3 rings (SSSR count). The zero-order valence-electron chi connectivity index (χ0n) is 10.1. The van der Waals surface area contributed by atoms with Crippen LogP contribution >= 0.6 is 27.5 Å². The maximum Gasteiger partial charge on any atom is 0.222 e. The molecular formula is C13H13BrClN3O. The number of hydrogen-bond donors (Lipinski definition) is 1. The van der Waals surface area contributed by atoms with E-state index >= 15 is 0 Å². The summed E-state index contributed by atoms with van der Waals surface area (Å²) in [6.45, 7) is 0. The van der Waals surface area contributed by atoms with Crippen molar-refractivity contribution in [3.8, 4) is 0 Å². The van der Waals surface area contributed by atoms with Crippen molar-refractivity contribution in [2.45, 2.75) is 12.8 Å². The molecule has 0 spiro atoms. The minimum absolute atomic E-state index is 0.0874. The molecule has 0 radical (unpaired) electrons. The summed E-state index contributed by atoms with van der Waals surface area (Å²) in [5.41, 5.74) is 6.40. The van der Waals surface area contributed by atoms with E-state index < -0.39 is 0 Å². The Labute approximate surface area is 124 Å². The first kappa shape index (κ1) is 13.1.